The van der Waals surface area contributed by atoms with E-state index in [1.807, 2.05) is 18.2 Å². The summed E-state index contributed by atoms with van der Waals surface area (Å²) in [7, 11) is 0. The Morgan fingerprint density at radius 1 is 1.22 bits per heavy atom. The van der Waals surface area contributed by atoms with Gasteiger partial charge in [0.05, 0.1) is 5.56 Å². The van der Waals surface area contributed by atoms with Crippen molar-refractivity contribution >= 4 is 17.5 Å². The quantitative estimate of drug-likeness (QED) is 0.947. The lowest BCUT2D eigenvalue weighted by molar-refractivity contribution is -0.116. The Hall–Kier alpha value is -2.69. The Labute approximate surface area is 133 Å². The van der Waals surface area contributed by atoms with Gasteiger partial charge < -0.3 is 10.2 Å². The summed E-state index contributed by atoms with van der Waals surface area (Å²) in [5.41, 5.74) is 3.00. The average Bonchev–Trinajstić information content (AvgIpc) is 2.96. The molecule has 2 amide bonds. The number of carbonyl (C=O) groups excluding carboxylic acids is 2. The van der Waals surface area contributed by atoms with Crippen LogP contribution in [0.25, 0.3) is 0 Å². The van der Waals surface area contributed by atoms with Gasteiger partial charge in [-0.2, -0.15) is 0 Å². The summed E-state index contributed by atoms with van der Waals surface area (Å²) in [6.07, 6.45) is 0.810. The molecule has 0 radical (unpaired) electrons. The zero-order valence-corrected chi connectivity index (χ0v) is 12.8. The van der Waals surface area contributed by atoms with E-state index in [9.17, 15) is 14.0 Å². The fraction of sp³-hybridized carbons (Fsp3) is 0.222. The highest BCUT2D eigenvalue weighted by atomic mass is 19.1. The summed E-state index contributed by atoms with van der Waals surface area (Å²) in [4.78, 5) is 25.3. The van der Waals surface area contributed by atoms with Crippen LogP contribution in [0.3, 0.4) is 0 Å². The molecule has 1 aliphatic rings. The predicted molar refractivity (Wildman–Crippen MR) is 85.7 cm³/mol. The molecule has 0 saturated carbocycles. The van der Waals surface area contributed by atoms with Crippen LogP contribution in [0.4, 0.5) is 10.1 Å². The molecule has 1 N–H and O–H groups in total. The van der Waals surface area contributed by atoms with Gasteiger partial charge in [0.15, 0.2) is 0 Å². The highest BCUT2D eigenvalue weighted by Gasteiger charge is 2.22. The number of anilines is 1. The number of nitrogens with one attached hydrogen (secondary N) is 1. The van der Waals surface area contributed by atoms with Gasteiger partial charge in [-0.05, 0) is 35.7 Å². The minimum absolute atomic E-state index is 0.0318. The fourth-order valence-corrected chi connectivity index (χ4v) is 2.82. The molecule has 4 nitrogen and oxygen atoms in total. The first-order valence-electron chi connectivity index (χ1n) is 7.49. The topological polar surface area (TPSA) is 49.4 Å². The number of hydrogen-bond donors (Lipinski definition) is 1. The summed E-state index contributed by atoms with van der Waals surface area (Å²) < 4.78 is 13.6. The van der Waals surface area contributed by atoms with E-state index in [0.717, 1.165) is 23.2 Å². The molecule has 0 aromatic heterocycles. The molecule has 0 aliphatic carbocycles. The first kappa shape index (κ1) is 15.2. The number of fused-ring (bicyclic) bond motifs is 1. The third-order valence-electron chi connectivity index (χ3n) is 3.99. The second-order valence-electron chi connectivity index (χ2n) is 5.55. The number of amides is 2. The Bertz CT molecular complexity index is 773. The Morgan fingerprint density at radius 2 is 2.00 bits per heavy atom. The van der Waals surface area contributed by atoms with Gasteiger partial charge in [-0.3, -0.25) is 9.59 Å². The van der Waals surface area contributed by atoms with Crippen molar-refractivity contribution in [3.8, 4) is 0 Å². The van der Waals surface area contributed by atoms with Gasteiger partial charge >= 0.3 is 0 Å². The maximum absolute atomic E-state index is 13.6. The fourth-order valence-electron chi connectivity index (χ4n) is 2.82. The molecule has 0 spiro atoms. The normalized spacial score (nSPS) is 12.9. The molecule has 23 heavy (non-hydrogen) atoms. The first-order valence-corrected chi connectivity index (χ1v) is 7.49. The molecule has 3 rings (SSSR count). The van der Waals surface area contributed by atoms with Crippen LogP contribution in [0.15, 0.2) is 42.5 Å². The summed E-state index contributed by atoms with van der Waals surface area (Å²) in [6.45, 7) is 2.56. The third kappa shape index (κ3) is 3.08. The van der Waals surface area contributed by atoms with Crippen LogP contribution in [-0.4, -0.2) is 18.4 Å². The van der Waals surface area contributed by atoms with Crippen molar-refractivity contribution in [1.29, 1.82) is 0 Å². The Balaban J connectivity index is 1.69. The highest BCUT2D eigenvalue weighted by molar-refractivity contribution is 5.95. The van der Waals surface area contributed by atoms with Crippen LogP contribution >= 0.6 is 0 Å². The molecular weight excluding hydrogens is 295 g/mol. The molecule has 2 aromatic carbocycles. The number of carbonyl (C=O) groups is 2. The van der Waals surface area contributed by atoms with Crippen molar-refractivity contribution in [1.82, 2.24) is 5.32 Å². The summed E-state index contributed by atoms with van der Waals surface area (Å²) in [5, 5.41) is 2.72. The smallest absolute Gasteiger partial charge is 0.254 e. The van der Waals surface area contributed by atoms with Crippen LogP contribution in [0, 0.1) is 5.82 Å². The molecule has 1 aliphatic heterocycles. The van der Waals surface area contributed by atoms with E-state index in [0.29, 0.717) is 13.1 Å². The van der Waals surface area contributed by atoms with E-state index in [4.69, 9.17) is 0 Å². The number of halogens is 1. The monoisotopic (exact) mass is 312 g/mol. The Morgan fingerprint density at radius 3 is 2.74 bits per heavy atom. The van der Waals surface area contributed by atoms with Gasteiger partial charge in [0, 0.05) is 25.7 Å². The van der Waals surface area contributed by atoms with Gasteiger partial charge in [0.2, 0.25) is 5.91 Å². The van der Waals surface area contributed by atoms with Crippen LogP contribution in [0.1, 0.15) is 28.4 Å². The summed E-state index contributed by atoms with van der Waals surface area (Å²) in [6, 6.07) is 11.7. The van der Waals surface area contributed by atoms with E-state index < -0.39 is 11.7 Å². The van der Waals surface area contributed by atoms with Crippen molar-refractivity contribution in [2.75, 3.05) is 11.4 Å². The molecule has 2 aromatic rings. The SMILES string of the molecule is CC(=O)N1CCc2cc(CNC(=O)c3ccccc3F)ccc21. The minimum atomic E-state index is -0.531. The van der Waals surface area contributed by atoms with Gasteiger partial charge in [0.25, 0.3) is 5.91 Å². The lowest BCUT2D eigenvalue weighted by Gasteiger charge is -2.15. The molecule has 0 bridgehead atoms. The third-order valence-corrected chi connectivity index (χ3v) is 3.99. The van der Waals surface area contributed by atoms with Crippen LogP contribution in [0.2, 0.25) is 0 Å². The summed E-state index contributed by atoms with van der Waals surface area (Å²) in [5.74, 6) is -0.936. The van der Waals surface area contributed by atoms with Crippen molar-refractivity contribution < 1.29 is 14.0 Å². The van der Waals surface area contributed by atoms with E-state index >= 15 is 0 Å². The lowest BCUT2D eigenvalue weighted by atomic mass is 10.1. The average molecular weight is 312 g/mol. The molecular formula is C18H17FN2O2. The molecule has 0 atom stereocenters. The predicted octanol–water partition coefficient (Wildman–Crippen LogP) is 2.66. The van der Waals surface area contributed by atoms with Gasteiger partial charge in [-0.25, -0.2) is 4.39 Å². The van der Waals surface area contributed by atoms with Gasteiger partial charge in [-0.15, -0.1) is 0 Å². The molecule has 1 heterocycles. The molecule has 0 saturated heterocycles. The van der Waals surface area contributed by atoms with Gasteiger partial charge in [-0.1, -0.05) is 24.3 Å². The largest absolute Gasteiger partial charge is 0.348 e. The summed E-state index contributed by atoms with van der Waals surface area (Å²) >= 11 is 0. The highest BCUT2D eigenvalue weighted by Crippen LogP contribution is 2.28. The molecule has 5 heteroatoms. The standard InChI is InChI=1S/C18H17FN2O2/c1-12(22)21-9-8-14-10-13(6-7-17(14)21)11-20-18(23)15-4-2-3-5-16(15)19/h2-7,10H,8-9,11H2,1H3,(H,20,23). The first-order chi connectivity index (χ1) is 11.1. The molecule has 0 unspecified atom stereocenters. The van der Waals surface area contributed by atoms with Crippen LogP contribution in [0.5, 0.6) is 0 Å². The van der Waals surface area contributed by atoms with E-state index in [2.05, 4.69) is 5.32 Å². The maximum atomic E-state index is 13.6. The van der Waals surface area contributed by atoms with E-state index in [-0.39, 0.29) is 11.5 Å². The molecule has 0 fully saturated rings. The zero-order chi connectivity index (χ0) is 16.4. The zero-order valence-electron chi connectivity index (χ0n) is 12.8. The van der Waals surface area contributed by atoms with Crippen molar-refractivity contribution in [3.05, 3.63) is 65.0 Å². The van der Waals surface area contributed by atoms with Crippen LogP contribution < -0.4 is 10.2 Å². The number of hydrogen-bond acceptors (Lipinski definition) is 2. The van der Waals surface area contributed by atoms with E-state index in [1.165, 1.54) is 12.1 Å². The number of benzene rings is 2. The number of rotatable bonds is 3. The van der Waals surface area contributed by atoms with Crippen molar-refractivity contribution in [3.63, 3.8) is 0 Å². The van der Waals surface area contributed by atoms with Crippen LogP contribution in [-0.2, 0) is 17.8 Å². The molecule has 118 valence electrons. The van der Waals surface area contributed by atoms with Gasteiger partial charge in [0.1, 0.15) is 5.82 Å². The minimum Gasteiger partial charge on any atom is -0.348 e. The maximum Gasteiger partial charge on any atom is 0.254 e. The Kier molecular flexibility index (Phi) is 4.10. The van der Waals surface area contributed by atoms with Crippen molar-refractivity contribution in [2.24, 2.45) is 0 Å². The number of nitrogens with zero attached hydrogens (tertiary/aromatic N) is 1. The lowest BCUT2D eigenvalue weighted by Crippen LogP contribution is -2.25. The van der Waals surface area contributed by atoms with E-state index in [1.54, 1.807) is 24.0 Å². The second kappa shape index (κ2) is 6.20. The second-order valence-corrected chi connectivity index (χ2v) is 5.55. The van der Waals surface area contributed by atoms with Crippen molar-refractivity contribution in [2.45, 2.75) is 19.9 Å².